The maximum atomic E-state index is 12.9. The largest absolute Gasteiger partial charge is 0.492 e. The van der Waals surface area contributed by atoms with Gasteiger partial charge in [-0.3, -0.25) is 15.0 Å². The minimum absolute atomic E-state index is 0.0617. The Morgan fingerprint density at radius 2 is 1.68 bits per heavy atom. The Balaban J connectivity index is 2.16. The number of nitrogens with one attached hydrogen (secondary N) is 1. The molecule has 2 rings (SSSR count). The number of carbonyl (C=O) groups excluding carboxylic acids is 2. The molecule has 0 aromatic heterocycles. The van der Waals surface area contributed by atoms with Crippen LogP contribution < -0.4 is 21.1 Å². The van der Waals surface area contributed by atoms with Gasteiger partial charge in [0, 0.05) is 16.8 Å². The number of nitrogens with two attached hydrogens (primary N) is 2. The Hall–Kier alpha value is -3.56. The summed E-state index contributed by atoms with van der Waals surface area (Å²) >= 11 is 0. The van der Waals surface area contributed by atoms with Gasteiger partial charge in [-0.1, -0.05) is 12.1 Å². The third kappa shape index (κ3) is 5.22. The van der Waals surface area contributed by atoms with E-state index in [9.17, 15) is 22.8 Å². The zero-order chi connectivity index (χ0) is 20.9. The van der Waals surface area contributed by atoms with Crippen LogP contribution in [0.15, 0.2) is 48.5 Å². The number of nitrogens with zero attached hydrogens (tertiary/aromatic N) is 1. The third-order valence-corrected chi connectivity index (χ3v) is 3.68. The van der Waals surface area contributed by atoms with Crippen molar-refractivity contribution in [1.82, 2.24) is 0 Å². The standard InChI is InChI=1S/C18H17F3N4O3/c19-18(20,21)17(27)25(13-6-4-11(5-7-13)16(24)26)8-9-28-14-3-1-2-12(10-14)15(22)23/h1-7,10H,8-9H2,(H3,22,23)(H2,24,26). The summed E-state index contributed by atoms with van der Waals surface area (Å²) in [5.41, 5.74) is 10.9. The van der Waals surface area contributed by atoms with E-state index in [1.165, 1.54) is 30.3 Å². The van der Waals surface area contributed by atoms with Gasteiger partial charge in [0.25, 0.3) is 0 Å². The molecule has 0 atom stereocenters. The summed E-state index contributed by atoms with van der Waals surface area (Å²) in [4.78, 5) is 23.4. The highest BCUT2D eigenvalue weighted by atomic mass is 19.4. The van der Waals surface area contributed by atoms with Crippen molar-refractivity contribution in [2.45, 2.75) is 6.18 Å². The van der Waals surface area contributed by atoms with Crippen molar-refractivity contribution >= 4 is 23.3 Å². The SMILES string of the molecule is N=C(N)c1cccc(OCCN(C(=O)C(F)(F)F)c2ccc(C(N)=O)cc2)c1. The van der Waals surface area contributed by atoms with E-state index in [0.29, 0.717) is 10.5 Å². The number of primary amides is 1. The van der Waals surface area contributed by atoms with E-state index in [4.69, 9.17) is 21.6 Å². The lowest BCUT2D eigenvalue weighted by molar-refractivity contribution is -0.170. The van der Waals surface area contributed by atoms with E-state index in [2.05, 4.69) is 0 Å². The molecule has 0 aliphatic heterocycles. The molecular weight excluding hydrogens is 377 g/mol. The van der Waals surface area contributed by atoms with Crippen LogP contribution in [0.4, 0.5) is 18.9 Å². The van der Waals surface area contributed by atoms with Crippen LogP contribution in [0.5, 0.6) is 5.75 Å². The fourth-order valence-corrected chi connectivity index (χ4v) is 2.31. The van der Waals surface area contributed by atoms with Gasteiger partial charge in [-0.2, -0.15) is 13.2 Å². The van der Waals surface area contributed by atoms with Crippen LogP contribution in [0.2, 0.25) is 0 Å². The Kier molecular flexibility index (Phi) is 6.24. The third-order valence-electron chi connectivity index (χ3n) is 3.68. The van der Waals surface area contributed by atoms with Crippen LogP contribution in [-0.2, 0) is 4.79 Å². The van der Waals surface area contributed by atoms with Gasteiger partial charge in [-0.05, 0) is 36.4 Å². The van der Waals surface area contributed by atoms with E-state index < -0.39 is 24.5 Å². The highest BCUT2D eigenvalue weighted by molar-refractivity contribution is 5.98. The van der Waals surface area contributed by atoms with Crippen LogP contribution in [-0.4, -0.2) is 37.0 Å². The second kappa shape index (κ2) is 8.42. The molecular formula is C18H17F3N4O3. The molecule has 2 aromatic rings. The number of rotatable bonds is 7. The molecule has 0 spiro atoms. The molecule has 0 aliphatic rings. The second-order valence-electron chi connectivity index (χ2n) is 5.66. The highest BCUT2D eigenvalue weighted by Crippen LogP contribution is 2.24. The van der Waals surface area contributed by atoms with Gasteiger partial charge in [0.15, 0.2) is 0 Å². The molecule has 148 valence electrons. The average Bonchev–Trinajstić information content (AvgIpc) is 2.64. The molecule has 28 heavy (non-hydrogen) atoms. The smallest absolute Gasteiger partial charge is 0.471 e. The van der Waals surface area contributed by atoms with Crippen molar-refractivity contribution in [2.75, 3.05) is 18.1 Å². The van der Waals surface area contributed by atoms with Gasteiger partial charge in [0.05, 0.1) is 6.54 Å². The van der Waals surface area contributed by atoms with Gasteiger partial charge >= 0.3 is 12.1 Å². The number of nitrogen functional groups attached to an aromatic ring is 1. The lowest BCUT2D eigenvalue weighted by Gasteiger charge is -2.24. The molecule has 0 heterocycles. The maximum absolute atomic E-state index is 12.9. The van der Waals surface area contributed by atoms with Gasteiger partial charge < -0.3 is 21.1 Å². The molecule has 0 radical (unpaired) electrons. The summed E-state index contributed by atoms with van der Waals surface area (Å²) in [6, 6.07) is 11.0. The van der Waals surface area contributed by atoms with Crippen molar-refractivity contribution in [3.05, 3.63) is 59.7 Å². The monoisotopic (exact) mass is 394 g/mol. The zero-order valence-electron chi connectivity index (χ0n) is 14.5. The molecule has 0 fully saturated rings. The summed E-state index contributed by atoms with van der Waals surface area (Å²) in [5, 5.41) is 7.37. The van der Waals surface area contributed by atoms with E-state index in [1.54, 1.807) is 18.2 Å². The number of amidine groups is 1. The fraction of sp³-hybridized carbons (Fsp3) is 0.167. The number of carbonyl (C=O) groups is 2. The number of hydrogen-bond acceptors (Lipinski definition) is 4. The van der Waals surface area contributed by atoms with Crippen LogP contribution in [0.3, 0.4) is 0 Å². The molecule has 0 aliphatic carbocycles. The molecule has 2 amide bonds. The van der Waals surface area contributed by atoms with Crippen molar-refractivity contribution in [3.63, 3.8) is 0 Å². The number of ether oxygens (including phenoxy) is 1. The fourth-order valence-electron chi connectivity index (χ4n) is 2.31. The first-order valence-electron chi connectivity index (χ1n) is 7.95. The second-order valence-corrected chi connectivity index (χ2v) is 5.66. The number of anilines is 1. The van der Waals surface area contributed by atoms with Crippen molar-refractivity contribution in [1.29, 1.82) is 5.41 Å². The quantitative estimate of drug-likeness (QED) is 0.491. The van der Waals surface area contributed by atoms with E-state index in [-0.39, 0.29) is 29.4 Å². The molecule has 0 saturated heterocycles. The Morgan fingerprint density at radius 3 is 2.21 bits per heavy atom. The molecule has 0 bridgehead atoms. The summed E-state index contributed by atoms with van der Waals surface area (Å²) in [7, 11) is 0. The Morgan fingerprint density at radius 1 is 1.04 bits per heavy atom. The van der Waals surface area contributed by atoms with Gasteiger partial charge in [0.1, 0.15) is 18.2 Å². The van der Waals surface area contributed by atoms with E-state index in [0.717, 1.165) is 0 Å². The van der Waals surface area contributed by atoms with Crippen LogP contribution in [0.25, 0.3) is 0 Å². The van der Waals surface area contributed by atoms with Crippen molar-refractivity contribution < 1.29 is 27.5 Å². The normalized spacial score (nSPS) is 11.0. The highest BCUT2D eigenvalue weighted by Gasteiger charge is 2.43. The van der Waals surface area contributed by atoms with E-state index >= 15 is 0 Å². The zero-order valence-corrected chi connectivity index (χ0v) is 14.5. The number of halogens is 3. The Labute approximate surface area is 158 Å². The van der Waals surface area contributed by atoms with Gasteiger partial charge in [0.2, 0.25) is 5.91 Å². The van der Waals surface area contributed by atoms with Crippen LogP contribution in [0, 0.1) is 5.41 Å². The lowest BCUT2D eigenvalue weighted by atomic mass is 10.2. The first kappa shape index (κ1) is 20.7. The molecule has 0 saturated carbocycles. The average molecular weight is 394 g/mol. The predicted molar refractivity (Wildman–Crippen MR) is 96.3 cm³/mol. The van der Waals surface area contributed by atoms with Crippen LogP contribution >= 0.6 is 0 Å². The summed E-state index contributed by atoms with van der Waals surface area (Å²) in [6.45, 7) is -0.653. The molecule has 10 heteroatoms. The van der Waals surface area contributed by atoms with Crippen LogP contribution in [0.1, 0.15) is 15.9 Å². The molecule has 7 nitrogen and oxygen atoms in total. The molecule has 0 unspecified atom stereocenters. The first-order chi connectivity index (χ1) is 13.1. The first-order valence-corrected chi connectivity index (χ1v) is 7.95. The summed E-state index contributed by atoms with van der Waals surface area (Å²) in [5.74, 6) is -2.71. The van der Waals surface area contributed by atoms with Gasteiger partial charge in [-0.25, -0.2) is 0 Å². The number of amides is 2. The number of benzene rings is 2. The van der Waals surface area contributed by atoms with E-state index in [1.807, 2.05) is 0 Å². The Bertz CT molecular complexity index is 882. The minimum Gasteiger partial charge on any atom is -0.492 e. The van der Waals surface area contributed by atoms with Gasteiger partial charge in [-0.15, -0.1) is 0 Å². The summed E-state index contributed by atoms with van der Waals surface area (Å²) in [6.07, 6.45) is -5.09. The number of alkyl halides is 3. The lowest BCUT2D eigenvalue weighted by Crippen LogP contribution is -2.43. The maximum Gasteiger partial charge on any atom is 0.471 e. The number of hydrogen-bond donors (Lipinski definition) is 3. The summed E-state index contributed by atoms with van der Waals surface area (Å²) < 4.78 is 44.2. The molecule has 5 N–H and O–H groups in total. The van der Waals surface area contributed by atoms with Crippen molar-refractivity contribution in [3.8, 4) is 5.75 Å². The predicted octanol–water partition coefficient (Wildman–Crippen LogP) is 2.04. The topological polar surface area (TPSA) is 122 Å². The van der Waals surface area contributed by atoms with Crippen molar-refractivity contribution in [2.24, 2.45) is 11.5 Å². The minimum atomic E-state index is -5.09. The molecule has 2 aromatic carbocycles.